The number of H-pyrrole nitrogens is 1. The molecule has 3 atom stereocenters. The van der Waals surface area contributed by atoms with Crippen LogP contribution in [-0.4, -0.2) is 101 Å². The van der Waals surface area contributed by atoms with Crippen LogP contribution in [0.15, 0.2) is 60.9 Å². The summed E-state index contributed by atoms with van der Waals surface area (Å²) in [6.45, 7) is 4.51. The number of fused-ring (bicyclic) bond motifs is 1. The average molecular weight is 725 g/mol. The Morgan fingerprint density at radius 1 is 0.868 bits per heavy atom. The number of pyridine rings is 1. The van der Waals surface area contributed by atoms with Crippen molar-refractivity contribution in [2.75, 3.05) is 39.2 Å². The van der Waals surface area contributed by atoms with Crippen molar-refractivity contribution in [1.29, 1.82) is 0 Å². The van der Waals surface area contributed by atoms with Crippen LogP contribution < -0.4 is 16.0 Å². The number of ether oxygens (including phenoxy) is 2. The number of imidazole rings is 1. The van der Waals surface area contributed by atoms with Crippen molar-refractivity contribution in [1.82, 2.24) is 35.4 Å². The molecule has 15 heteroatoms. The fourth-order valence-electron chi connectivity index (χ4n) is 7.00. The Bertz CT molecular complexity index is 2000. The van der Waals surface area contributed by atoms with Gasteiger partial charge in [0.15, 0.2) is 0 Å². The number of benzene rings is 2. The zero-order chi connectivity index (χ0) is 37.6. The van der Waals surface area contributed by atoms with Crippen LogP contribution in [0.4, 0.5) is 15.4 Å². The molecule has 0 radical (unpaired) electrons. The van der Waals surface area contributed by atoms with Crippen molar-refractivity contribution in [3.63, 3.8) is 0 Å². The first-order valence-electron chi connectivity index (χ1n) is 17.7. The fraction of sp³-hybridized carbons (Fsp3) is 0.395. The number of aromatic nitrogens is 3. The van der Waals surface area contributed by atoms with Gasteiger partial charge in [0, 0.05) is 24.7 Å². The lowest BCUT2D eigenvalue weighted by Crippen LogP contribution is -2.54. The van der Waals surface area contributed by atoms with Crippen molar-refractivity contribution in [3.8, 4) is 22.4 Å². The van der Waals surface area contributed by atoms with E-state index < -0.39 is 24.3 Å². The predicted molar refractivity (Wildman–Crippen MR) is 196 cm³/mol. The van der Waals surface area contributed by atoms with Gasteiger partial charge >= 0.3 is 12.2 Å². The van der Waals surface area contributed by atoms with Crippen LogP contribution in [0.1, 0.15) is 51.4 Å². The molecule has 2 saturated heterocycles. The molecule has 6 rings (SSSR count). The third kappa shape index (κ3) is 8.08. The molecule has 4 heterocycles. The van der Waals surface area contributed by atoms with Crippen LogP contribution in [0.3, 0.4) is 0 Å². The summed E-state index contributed by atoms with van der Waals surface area (Å²) in [5, 5.41) is 9.65. The largest absolute Gasteiger partial charge is 0.453 e. The van der Waals surface area contributed by atoms with E-state index in [1.165, 1.54) is 19.1 Å². The minimum atomic E-state index is -0.819. The maximum absolute atomic E-state index is 13.6. The maximum Gasteiger partial charge on any atom is 0.407 e. The first-order valence-corrected chi connectivity index (χ1v) is 17.7. The summed E-state index contributed by atoms with van der Waals surface area (Å²) in [5.41, 5.74) is 3.73. The van der Waals surface area contributed by atoms with Gasteiger partial charge in [0.05, 0.1) is 32.2 Å². The molecule has 278 valence electrons. The number of aromatic amines is 1. The molecule has 0 saturated carbocycles. The molecular formula is C38H44N8O7. The fourth-order valence-corrected chi connectivity index (χ4v) is 7.00. The highest BCUT2D eigenvalue weighted by atomic mass is 16.5. The highest BCUT2D eigenvalue weighted by Gasteiger charge is 2.39. The number of carbonyl (C=O) groups excluding carboxylic acids is 5. The lowest BCUT2D eigenvalue weighted by molar-refractivity contribution is -0.139. The van der Waals surface area contributed by atoms with E-state index in [1.54, 1.807) is 17.3 Å². The van der Waals surface area contributed by atoms with E-state index in [0.717, 1.165) is 46.0 Å². The Balaban J connectivity index is 1.13. The van der Waals surface area contributed by atoms with Crippen LogP contribution in [0.5, 0.6) is 0 Å². The number of carbonyl (C=O) groups is 5. The molecule has 2 aliphatic rings. The third-order valence-electron chi connectivity index (χ3n) is 9.82. The Labute approximate surface area is 306 Å². The maximum atomic E-state index is 13.6. The van der Waals surface area contributed by atoms with Gasteiger partial charge in [-0.05, 0) is 65.8 Å². The second kappa shape index (κ2) is 16.1. The highest BCUT2D eigenvalue weighted by molar-refractivity contribution is 6.04. The first-order chi connectivity index (χ1) is 25.6. The van der Waals surface area contributed by atoms with Gasteiger partial charge in [0.2, 0.25) is 17.7 Å². The van der Waals surface area contributed by atoms with Crippen molar-refractivity contribution in [3.05, 3.63) is 66.7 Å². The number of alkyl carbamates (subject to hydrolysis) is 2. The SMILES string of the molecule is COC(=O)NCC(=O)N1CCC[C@H]1c1ncc(-c2ccc(-c3ccc4c(NC(=O)[C@@H]5CCCN5C(=O)[C@@H](NC(=O)OC)C(C)C)nccc4c3)cc2)[nH]1. The van der Waals surface area contributed by atoms with Gasteiger partial charge in [0.1, 0.15) is 30.3 Å². The topological polar surface area (TPSA) is 188 Å². The summed E-state index contributed by atoms with van der Waals surface area (Å²) in [4.78, 5) is 78.8. The van der Waals surface area contributed by atoms with E-state index in [1.807, 2.05) is 62.4 Å². The van der Waals surface area contributed by atoms with E-state index in [9.17, 15) is 24.0 Å². The molecule has 4 aromatic rings. The van der Waals surface area contributed by atoms with E-state index in [2.05, 4.69) is 35.6 Å². The number of hydrogen-bond acceptors (Lipinski definition) is 9. The van der Waals surface area contributed by atoms with Gasteiger partial charge in [-0.2, -0.15) is 0 Å². The van der Waals surface area contributed by atoms with Gasteiger partial charge in [-0.15, -0.1) is 0 Å². The van der Waals surface area contributed by atoms with Gasteiger partial charge in [-0.3, -0.25) is 14.4 Å². The molecule has 2 aliphatic heterocycles. The minimum absolute atomic E-state index is 0.140. The molecule has 2 aromatic heterocycles. The van der Waals surface area contributed by atoms with Crippen LogP contribution in [-0.2, 0) is 23.9 Å². The number of amides is 5. The minimum Gasteiger partial charge on any atom is -0.453 e. The number of rotatable bonds is 10. The second-order valence-electron chi connectivity index (χ2n) is 13.5. The lowest BCUT2D eigenvalue weighted by Gasteiger charge is -2.30. The number of methoxy groups -OCH3 is 2. The molecule has 2 aromatic carbocycles. The molecule has 5 amide bonds. The summed E-state index contributed by atoms with van der Waals surface area (Å²) < 4.78 is 9.27. The molecular weight excluding hydrogens is 680 g/mol. The standard InChI is InChI=1S/C38H44N8O7/c1-22(2)32(43-38(51)53-4)36(49)46-18-6-8-30(46)35(48)44-33-27-14-13-25(19-26(27)15-16-39-33)23-9-11-24(12-10-23)28-20-40-34(42-28)29-7-5-17-45(29)31(47)21-41-37(50)52-3/h9-16,19-20,22,29-30,32H,5-8,17-18,21H2,1-4H3,(H,40,42)(H,41,50)(H,43,51)(H,39,44,48)/t29-,30-,32-/m0/s1. The number of likely N-dealkylation sites (tertiary alicyclic amines) is 2. The normalized spacial score (nSPS) is 17.5. The van der Waals surface area contributed by atoms with Crippen molar-refractivity contribution >= 4 is 46.5 Å². The Morgan fingerprint density at radius 2 is 1.57 bits per heavy atom. The van der Waals surface area contributed by atoms with Crippen LogP contribution in [0.2, 0.25) is 0 Å². The van der Waals surface area contributed by atoms with Crippen molar-refractivity contribution in [2.24, 2.45) is 5.92 Å². The summed E-state index contributed by atoms with van der Waals surface area (Å²) >= 11 is 0. The van der Waals surface area contributed by atoms with Crippen molar-refractivity contribution < 1.29 is 33.4 Å². The Morgan fingerprint density at radius 3 is 2.30 bits per heavy atom. The average Bonchev–Trinajstić information content (AvgIpc) is 3.97. The van der Waals surface area contributed by atoms with Gasteiger partial charge < -0.3 is 40.2 Å². The quantitative estimate of drug-likeness (QED) is 0.181. The highest BCUT2D eigenvalue weighted by Crippen LogP contribution is 2.33. The second-order valence-corrected chi connectivity index (χ2v) is 13.5. The van der Waals surface area contributed by atoms with Crippen LogP contribution in [0, 0.1) is 5.92 Å². The molecule has 15 nitrogen and oxygen atoms in total. The number of nitrogens with one attached hydrogen (secondary N) is 4. The summed E-state index contributed by atoms with van der Waals surface area (Å²) in [6.07, 6.45) is 4.83. The first kappa shape index (κ1) is 36.8. The molecule has 0 bridgehead atoms. The smallest absolute Gasteiger partial charge is 0.407 e. The Kier molecular flexibility index (Phi) is 11.2. The van der Waals surface area contributed by atoms with E-state index in [-0.39, 0.29) is 36.2 Å². The van der Waals surface area contributed by atoms with E-state index >= 15 is 0 Å². The molecule has 0 spiro atoms. The van der Waals surface area contributed by atoms with Gasteiger partial charge in [0.25, 0.3) is 0 Å². The Hall–Kier alpha value is -5.99. The monoisotopic (exact) mass is 724 g/mol. The zero-order valence-corrected chi connectivity index (χ0v) is 30.2. The molecule has 0 aliphatic carbocycles. The van der Waals surface area contributed by atoms with Crippen LogP contribution in [0.25, 0.3) is 33.2 Å². The number of nitrogens with zero attached hydrogens (tertiary/aromatic N) is 4. The summed E-state index contributed by atoms with van der Waals surface area (Å²) in [7, 11) is 2.50. The molecule has 2 fully saturated rings. The zero-order valence-electron chi connectivity index (χ0n) is 30.2. The third-order valence-corrected chi connectivity index (χ3v) is 9.82. The lowest BCUT2D eigenvalue weighted by atomic mass is 10.00. The van der Waals surface area contributed by atoms with Crippen LogP contribution >= 0.6 is 0 Å². The summed E-state index contributed by atoms with van der Waals surface area (Å²) in [5.74, 6) is 0.0446. The van der Waals surface area contributed by atoms with E-state index in [4.69, 9.17) is 4.74 Å². The van der Waals surface area contributed by atoms with Gasteiger partial charge in [-0.1, -0.05) is 50.2 Å². The van der Waals surface area contributed by atoms with E-state index in [0.29, 0.717) is 37.6 Å². The molecule has 4 N–H and O–H groups in total. The van der Waals surface area contributed by atoms with Crippen molar-refractivity contribution in [2.45, 2.75) is 57.7 Å². The molecule has 0 unspecified atom stereocenters. The number of anilines is 1. The predicted octanol–water partition coefficient (Wildman–Crippen LogP) is 4.62. The summed E-state index contributed by atoms with van der Waals surface area (Å²) in [6, 6.07) is 14.2. The number of hydrogen-bond donors (Lipinski definition) is 4. The van der Waals surface area contributed by atoms with Gasteiger partial charge in [-0.25, -0.2) is 19.6 Å². The molecule has 53 heavy (non-hydrogen) atoms.